The molecular formula is C24H26FN3O3. The summed E-state index contributed by atoms with van der Waals surface area (Å²) < 4.78 is 15.7. The number of hydrogen-bond donors (Lipinski definition) is 2. The number of nitrogens with zero attached hydrogens (tertiary/aromatic N) is 2. The highest BCUT2D eigenvalue weighted by Crippen LogP contribution is 2.34. The summed E-state index contributed by atoms with van der Waals surface area (Å²) in [5, 5.41) is 13.0. The van der Waals surface area contributed by atoms with Gasteiger partial charge >= 0.3 is 12.0 Å². The van der Waals surface area contributed by atoms with Gasteiger partial charge in [-0.05, 0) is 55.0 Å². The molecule has 0 radical (unpaired) electrons. The number of aromatic nitrogens is 1. The molecule has 1 aliphatic carbocycles. The Morgan fingerprint density at radius 1 is 1.23 bits per heavy atom. The van der Waals surface area contributed by atoms with Crippen molar-refractivity contribution in [2.24, 2.45) is 0 Å². The van der Waals surface area contributed by atoms with E-state index in [0.717, 1.165) is 35.0 Å². The van der Waals surface area contributed by atoms with Gasteiger partial charge in [0.1, 0.15) is 12.4 Å². The van der Waals surface area contributed by atoms with Gasteiger partial charge in [0.15, 0.2) is 0 Å². The molecule has 0 saturated heterocycles. The van der Waals surface area contributed by atoms with Crippen LogP contribution in [0.5, 0.6) is 0 Å². The fraction of sp³-hybridized carbons (Fsp3) is 0.333. The lowest BCUT2D eigenvalue weighted by Gasteiger charge is -2.32. The van der Waals surface area contributed by atoms with Crippen LogP contribution in [-0.4, -0.2) is 46.2 Å². The molecule has 0 aliphatic heterocycles. The number of hydrogen-bond acceptors (Lipinski definition) is 2. The first kappa shape index (κ1) is 20.9. The van der Waals surface area contributed by atoms with E-state index in [1.165, 1.54) is 17.7 Å². The van der Waals surface area contributed by atoms with Crippen molar-refractivity contribution < 1.29 is 19.1 Å². The quantitative estimate of drug-likeness (QED) is 0.636. The molecule has 0 spiro atoms. The Kier molecular flexibility index (Phi) is 5.93. The maximum absolute atomic E-state index is 13.9. The summed E-state index contributed by atoms with van der Waals surface area (Å²) in [5.74, 6) is -1.28. The Hall–Kier alpha value is -3.35. The minimum atomic E-state index is -0.930. The summed E-state index contributed by atoms with van der Waals surface area (Å²) in [6.45, 7) is 0.395. The third-order valence-corrected chi connectivity index (χ3v) is 6.10. The predicted molar refractivity (Wildman–Crippen MR) is 117 cm³/mol. The fourth-order valence-electron chi connectivity index (χ4n) is 4.50. The lowest BCUT2D eigenvalue weighted by atomic mass is 9.90. The second-order valence-electron chi connectivity index (χ2n) is 8.04. The summed E-state index contributed by atoms with van der Waals surface area (Å²) in [7, 11) is 1.78. The fourth-order valence-corrected chi connectivity index (χ4v) is 4.50. The molecule has 4 rings (SSSR count). The van der Waals surface area contributed by atoms with Crippen molar-refractivity contribution in [1.82, 2.24) is 14.8 Å². The summed E-state index contributed by atoms with van der Waals surface area (Å²) in [4.78, 5) is 25.8. The van der Waals surface area contributed by atoms with Crippen LogP contribution in [0.4, 0.5) is 9.18 Å². The van der Waals surface area contributed by atoms with Crippen LogP contribution in [0, 0.1) is 5.82 Å². The van der Waals surface area contributed by atoms with Gasteiger partial charge in [-0.2, -0.15) is 0 Å². The number of amides is 2. The third-order valence-electron chi connectivity index (χ3n) is 6.10. The molecule has 31 heavy (non-hydrogen) atoms. The van der Waals surface area contributed by atoms with Crippen molar-refractivity contribution in [2.45, 2.75) is 38.3 Å². The van der Waals surface area contributed by atoms with E-state index >= 15 is 0 Å². The standard InChI is InChI=1S/C24H26FN3O3/c1-27(24(31)26-12-11-16-5-3-2-4-6-16)18-8-10-22-20(14-18)19-13-17(25)7-9-21(19)28(22)15-23(29)30/h2-7,9,13,18H,8,10-12,14-15H2,1H3,(H,26,31)(H,29,30). The number of fused-ring (bicyclic) bond motifs is 3. The highest BCUT2D eigenvalue weighted by atomic mass is 19.1. The molecule has 1 aromatic heterocycles. The highest BCUT2D eigenvalue weighted by Gasteiger charge is 2.30. The van der Waals surface area contributed by atoms with E-state index in [1.807, 2.05) is 30.3 Å². The SMILES string of the molecule is CN(C(=O)NCCc1ccccc1)C1CCc2c(c3cc(F)ccc3n2CC(=O)O)C1. The molecular weight excluding hydrogens is 397 g/mol. The van der Waals surface area contributed by atoms with Crippen LogP contribution in [0.2, 0.25) is 0 Å². The summed E-state index contributed by atoms with van der Waals surface area (Å²) in [5.41, 5.74) is 3.76. The number of likely N-dealkylation sites (N-methyl/N-ethyl adjacent to an activating group) is 1. The number of aliphatic carboxylic acids is 1. The van der Waals surface area contributed by atoms with Gasteiger partial charge in [-0.3, -0.25) is 4.79 Å². The van der Waals surface area contributed by atoms with Gasteiger partial charge < -0.3 is 19.9 Å². The lowest BCUT2D eigenvalue weighted by molar-refractivity contribution is -0.137. The monoisotopic (exact) mass is 423 g/mol. The molecule has 1 aliphatic rings. The molecule has 1 heterocycles. The van der Waals surface area contributed by atoms with Crippen molar-refractivity contribution in [3.63, 3.8) is 0 Å². The van der Waals surface area contributed by atoms with Crippen LogP contribution in [0.25, 0.3) is 10.9 Å². The maximum atomic E-state index is 13.9. The summed E-state index contributed by atoms with van der Waals surface area (Å²) in [6.07, 6.45) is 2.71. The number of carboxylic acid groups (broad SMARTS) is 1. The van der Waals surface area contributed by atoms with E-state index < -0.39 is 5.97 Å². The molecule has 2 amide bonds. The van der Waals surface area contributed by atoms with Crippen molar-refractivity contribution in [3.05, 3.63) is 71.2 Å². The topological polar surface area (TPSA) is 74.6 Å². The first-order chi connectivity index (χ1) is 14.9. The second-order valence-corrected chi connectivity index (χ2v) is 8.04. The summed E-state index contributed by atoms with van der Waals surface area (Å²) >= 11 is 0. The van der Waals surface area contributed by atoms with Crippen LogP contribution in [0.3, 0.4) is 0 Å². The van der Waals surface area contributed by atoms with E-state index in [0.29, 0.717) is 19.4 Å². The zero-order valence-corrected chi connectivity index (χ0v) is 17.5. The Morgan fingerprint density at radius 3 is 2.74 bits per heavy atom. The molecule has 6 nitrogen and oxygen atoms in total. The molecule has 1 atom stereocenters. The molecule has 162 valence electrons. The number of benzene rings is 2. The lowest BCUT2D eigenvalue weighted by Crippen LogP contribution is -2.46. The van der Waals surface area contributed by atoms with Crippen LogP contribution < -0.4 is 5.32 Å². The summed E-state index contributed by atoms with van der Waals surface area (Å²) in [6, 6.07) is 14.3. The Bertz CT molecular complexity index is 1110. The molecule has 3 aromatic rings. The molecule has 2 aromatic carbocycles. The van der Waals surface area contributed by atoms with Crippen molar-refractivity contribution in [3.8, 4) is 0 Å². The van der Waals surface area contributed by atoms with Crippen molar-refractivity contribution in [2.75, 3.05) is 13.6 Å². The largest absolute Gasteiger partial charge is 0.480 e. The van der Waals surface area contributed by atoms with Crippen LogP contribution >= 0.6 is 0 Å². The van der Waals surface area contributed by atoms with E-state index in [2.05, 4.69) is 5.32 Å². The smallest absolute Gasteiger partial charge is 0.323 e. The minimum absolute atomic E-state index is 0.0311. The average molecular weight is 423 g/mol. The molecule has 0 fully saturated rings. The van der Waals surface area contributed by atoms with Crippen LogP contribution in [0.15, 0.2) is 48.5 Å². The first-order valence-electron chi connectivity index (χ1n) is 10.5. The van der Waals surface area contributed by atoms with Gasteiger partial charge in [-0.25, -0.2) is 9.18 Å². The van der Waals surface area contributed by atoms with Gasteiger partial charge in [0.2, 0.25) is 0 Å². The number of urea groups is 1. The number of halogens is 1. The molecule has 0 saturated carbocycles. The first-order valence-corrected chi connectivity index (χ1v) is 10.5. The normalized spacial score (nSPS) is 15.5. The average Bonchev–Trinajstić information content (AvgIpc) is 3.05. The zero-order valence-electron chi connectivity index (χ0n) is 17.5. The number of nitrogens with one attached hydrogen (secondary N) is 1. The van der Waals surface area contributed by atoms with Crippen molar-refractivity contribution >= 4 is 22.9 Å². The Labute approximate surface area is 180 Å². The van der Waals surface area contributed by atoms with Gasteiger partial charge in [-0.15, -0.1) is 0 Å². The number of carbonyl (C=O) groups excluding carboxylic acids is 1. The van der Waals surface area contributed by atoms with Gasteiger partial charge in [-0.1, -0.05) is 30.3 Å². The predicted octanol–water partition coefficient (Wildman–Crippen LogP) is 3.61. The second kappa shape index (κ2) is 8.79. The van der Waals surface area contributed by atoms with E-state index in [-0.39, 0.29) is 24.4 Å². The number of carboxylic acids is 1. The highest BCUT2D eigenvalue weighted by molar-refractivity contribution is 5.87. The van der Waals surface area contributed by atoms with Crippen LogP contribution in [-0.2, 0) is 30.6 Å². The maximum Gasteiger partial charge on any atom is 0.323 e. The molecule has 0 bridgehead atoms. The van der Waals surface area contributed by atoms with Gasteiger partial charge in [0.25, 0.3) is 0 Å². The minimum Gasteiger partial charge on any atom is -0.480 e. The third kappa shape index (κ3) is 4.40. The Morgan fingerprint density at radius 2 is 2.00 bits per heavy atom. The van der Waals surface area contributed by atoms with E-state index in [4.69, 9.17) is 0 Å². The Balaban J connectivity index is 1.48. The molecule has 1 unspecified atom stereocenters. The van der Waals surface area contributed by atoms with Crippen LogP contribution in [0.1, 0.15) is 23.2 Å². The number of carbonyl (C=O) groups is 2. The van der Waals surface area contributed by atoms with E-state index in [9.17, 15) is 19.1 Å². The van der Waals surface area contributed by atoms with Crippen molar-refractivity contribution in [1.29, 1.82) is 0 Å². The molecule has 2 N–H and O–H groups in total. The zero-order chi connectivity index (χ0) is 22.0. The number of rotatable bonds is 6. The van der Waals surface area contributed by atoms with E-state index in [1.54, 1.807) is 22.6 Å². The molecule has 7 heteroatoms. The van der Waals surface area contributed by atoms with Gasteiger partial charge in [0.05, 0.1) is 0 Å². The van der Waals surface area contributed by atoms with Gasteiger partial charge in [0, 0.05) is 36.2 Å².